The number of carbonyl (C=O) groups is 2. The van der Waals surface area contributed by atoms with E-state index in [9.17, 15) is 14.7 Å². The van der Waals surface area contributed by atoms with Crippen molar-refractivity contribution in [2.24, 2.45) is 0 Å². The standard InChI is InChI=1S/C14H11ClN2O3/c15-10-6-7-11(16-8-10)13(18)17-12(14(19)20)9-4-2-1-3-5-9/h1-8,12H,(H,17,18)(H,19,20)/t12-/m1/s1. The predicted molar refractivity (Wildman–Crippen MR) is 73.5 cm³/mol. The zero-order chi connectivity index (χ0) is 14.5. The third-order valence-corrected chi connectivity index (χ3v) is 2.84. The first kappa shape index (κ1) is 14.0. The molecule has 2 rings (SSSR count). The van der Waals surface area contributed by atoms with Gasteiger partial charge in [-0.2, -0.15) is 0 Å². The highest BCUT2D eigenvalue weighted by atomic mass is 35.5. The summed E-state index contributed by atoms with van der Waals surface area (Å²) in [5.74, 6) is -1.71. The summed E-state index contributed by atoms with van der Waals surface area (Å²) in [7, 11) is 0. The van der Waals surface area contributed by atoms with Crippen LogP contribution in [0.4, 0.5) is 0 Å². The average Bonchev–Trinajstić information content (AvgIpc) is 2.46. The molecule has 0 radical (unpaired) electrons. The SMILES string of the molecule is O=C(N[C@@H](C(=O)O)c1ccccc1)c1ccc(Cl)cn1. The minimum Gasteiger partial charge on any atom is -0.479 e. The first-order valence-electron chi connectivity index (χ1n) is 5.78. The van der Waals surface area contributed by atoms with E-state index >= 15 is 0 Å². The van der Waals surface area contributed by atoms with Gasteiger partial charge in [-0.1, -0.05) is 41.9 Å². The number of aromatic nitrogens is 1. The van der Waals surface area contributed by atoms with Crippen LogP contribution in [0, 0.1) is 0 Å². The van der Waals surface area contributed by atoms with E-state index < -0.39 is 17.9 Å². The van der Waals surface area contributed by atoms with Gasteiger partial charge in [0.25, 0.3) is 5.91 Å². The van der Waals surface area contributed by atoms with Crippen LogP contribution in [-0.2, 0) is 4.79 Å². The lowest BCUT2D eigenvalue weighted by molar-refractivity contribution is -0.139. The van der Waals surface area contributed by atoms with E-state index in [4.69, 9.17) is 11.6 Å². The minimum absolute atomic E-state index is 0.108. The van der Waals surface area contributed by atoms with Crippen LogP contribution in [0.25, 0.3) is 0 Å². The van der Waals surface area contributed by atoms with E-state index in [-0.39, 0.29) is 5.69 Å². The van der Waals surface area contributed by atoms with Gasteiger partial charge in [0.1, 0.15) is 5.69 Å². The molecule has 1 aromatic carbocycles. The van der Waals surface area contributed by atoms with Crippen molar-refractivity contribution in [2.45, 2.75) is 6.04 Å². The third-order valence-electron chi connectivity index (χ3n) is 2.62. The lowest BCUT2D eigenvalue weighted by Gasteiger charge is -2.14. The Morgan fingerprint density at radius 2 is 1.85 bits per heavy atom. The zero-order valence-corrected chi connectivity index (χ0v) is 11.0. The highest BCUT2D eigenvalue weighted by molar-refractivity contribution is 6.30. The Bertz CT molecular complexity index is 614. The number of halogens is 1. The molecule has 0 bridgehead atoms. The number of benzene rings is 1. The van der Waals surface area contributed by atoms with Crippen molar-refractivity contribution in [3.63, 3.8) is 0 Å². The van der Waals surface area contributed by atoms with Gasteiger partial charge in [-0.05, 0) is 17.7 Å². The Kier molecular flexibility index (Phi) is 4.32. The molecule has 0 saturated carbocycles. The number of nitrogens with one attached hydrogen (secondary N) is 1. The molecule has 0 saturated heterocycles. The molecule has 0 aliphatic rings. The molecule has 2 N–H and O–H groups in total. The van der Waals surface area contributed by atoms with E-state index in [0.29, 0.717) is 10.6 Å². The molecule has 6 heteroatoms. The number of carboxylic acids is 1. The van der Waals surface area contributed by atoms with Gasteiger partial charge in [0.2, 0.25) is 0 Å². The van der Waals surface area contributed by atoms with Crippen molar-refractivity contribution >= 4 is 23.5 Å². The summed E-state index contributed by atoms with van der Waals surface area (Å²) < 4.78 is 0. The molecule has 5 nitrogen and oxygen atoms in total. The Morgan fingerprint density at radius 1 is 1.15 bits per heavy atom. The van der Waals surface area contributed by atoms with Crippen LogP contribution >= 0.6 is 11.6 Å². The molecule has 1 heterocycles. The monoisotopic (exact) mass is 290 g/mol. The smallest absolute Gasteiger partial charge is 0.330 e. The normalized spacial score (nSPS) is 11.7. The van der Waals surface area contributed by atoms with Crippen molar-refractivity contribution in [1.29, 1.82) is 0 Å². The van der Waals surface area contributed by atoms with Gasteiger partial charge >= 0.3 is 5.97 Å². The molecular formula is C14H11ClN2O3. The third kappa shape index (κ3) is 3.33. The van der Waals surface area contributed by atoms with E-state index in [0.717, 1.165) is 0 Å². The number of rotatable bonds is 4. The number of hydrogen-bond acceptors (Lipinski definition) is 3. The maximum Gasteiger partial charge on any atom is 0.330 e. The van der Waals surface area contributed by atoms with Crippen LogP contribution in [0.3, 0.4) is 0 Å². The second-order valence-electron chi connectivity index (χ2n) is 4.02. The summed E-state index contributed by atoms with van der Waals surface area (Å²) in [4.78, 5) is 27.1. The van der Waals surface area contributed by atoms with Crippen LogP contribution in [0.5, 0.6) is 0 Å². The molecule has 0 spiro atoms. The number of hydrogen-bond donors (Lipinski definition) is 2. The van der Waals surface area contributed by atoms with E-state index in [1.807, 2.05) is 0 Å². The van der Waals surface area contributed by atoms with Gasteiger partial charge in [0, 0.05) is 6.20 Å². The molecule has 20 heavy (non-hydrogen) atoms. The molecule has 102 valence electrons. The number of amides is 1. The summed E-state index contributed by atoms with van der Waals surface area (Å²) >= 11 is 5.68. The fourth-order valence-corrected chi connectivity index (χ4v) is 1.76. The van der Waals surface area contributed by atoms with Gasteiger partial charge < -0.3 is 10.4 Å². The Labute approximate surface area is 120 Å². The number of carboxylic acid groups (broad SMARTS) is 1. The van der Waals surface area contributed by atoms with Crippen LogP contribution in [-0.4, -0.2) is 22.0 Å². The molecule has 1 amide bonds. The summed E-state index contributed by atoms with van der Waals surface area (Å²) in [5, 5.41) is 12.0. The Balaban J connectivity index is 2.19. The molecule has 0 unspecified atom stereocenters. The van der Waals surface area contributed by atoms with E-state index in [2.05, 4.69) is 10.3 Å². The van der Waals surface area contributed by atoms with Crippen molar-refractivity contribution < 1.29 is 14.7 Å². The molecule has 1 aromatic heterocycles. The lowest BCUT2D eigenvalue weighted by Crippen LogP contribution is -2.34. The van der Waals surface area contributed by atoms with Crippen LogP contribution in [0.15, 0.2) is 48.7 Å². The fraction of sp³-hybridized carbons (Fsp3) is 0.0714. The van der Waals surface area contributed by atoms with Crippen LogP contribution in [0.2, 0.25) is 5.02 Å². The molecule has 1 atom stereocenters. The highest BCUT2D eigenvalue weighted by Gasteiger charge is 2.22. The second-order valence-corrected chi connectivity index (χ2v) is 4.45. The topological polar surface area (TPSA) is 79.3 Å². The first-order chi connectivity index (χ1) is 9.58. The van der Waals surface area contributed by atoms with Crippen molar-refractivity contribution in [2.75, 3.05) is 0 Å². The van der Waals surface area contributed by atoms with Crippen LogP contribution < -0.4 is 5.32 Å². The molecule has 2 aromatic rings. The average molecular weight is 291 g/mol. The second kappa shape index (κ2) is 6.16. The summed E-state index contributed by atoms with van der Waals surface area (Å²) in [6.45, 7) is 0. The highest BCUT2D eigenvalue weighted by Crippen LogP contribution is 2.14. The summed E-state index contributed by atoms with van der Waals surface area (Å²) in [6, 6.07) is 10.3. The van der Waals surface area contributed by atoms with Crippen molar-refractivity contribution in [3.8, 4) is 0 Å². The van der Waals surface area contributed by atoms with Gasteiger partial charge in [-0.15, -0.1) is 0 Å². The zero-order valence-electron chi connectivity index (χ0n) is 10.3. The largest absolute Gasteiger partial charge is 0.479 e. The first-order valence-corrected chi connectivity index (χ1v) is 6.16. The quantitative estimate of drug-likeness (QED) is 0.905. The van der Waals surface area contributed by atoms with Gasteiger partial charge in [0.05, 0.1) is 5.02 Å². The predicted octanol–water partition coefficient (Wildman–Crippen LogP) is 2.29. The van der Waals surface area contributed by atoms with Gasteiger partial charge in [-0.25, -0.2) is 9.78 Å². The van der Waals surface area contributed by atoms with Gasteiger partial charge in [-0.3, -0.25) is 4.79 Å². The number of nitrogens with zero attached hydrogens (tertiary/aromatic N) is 1. The minimum atomic E-state index is -1.14. The van der Waals surface area contributed by atoms with Crippen LogP contribution in [0.1, 0.15) is 22.1 Å². The number of pyridine rings is 1. The number of carbonyl (C=O) groups excluding carboxylic acids is 1. The maximum atomic E-state index is 12.0. The van der Waals surface area contributed by atoms with E-state index in [1.54, 1.807) is 30.3 Å². The molecule has 0 aliphatic heterocycles. The molecule has 0 aliphatic carbocycles. The number of aliphatic carboxylic acids is 1. The molecule has 0 fully saturated rings. The fourth-order valence-electron chi connectivity index (χ4n) is 1.65. The Hall–Kier alpha value is -2.40. The lowest BCUT2D eigenvalue weighted by atomic mass is 10.1. The Morgan fingerprint density at radius 3 is 2.40 bits per heavy atom. The van der Waals surface area contributed by atoms with Crippen molar-refractivity contribution in [3.05, 3.63) is 64.9 Å². The maximum absolute atomic E-state index is 12.0. The van der Waals surface area contributed by atoms with E-state index in [1.165, 1.54) is 18.3 Å². The van der Waals surface area contributed by atoms with Crippen molar-refractivity contribution in [1.82, 2.24) is 10.3 Å². The van der Waals surface area contributed by atoms with Gasteiger partial charge in [0.15, 0.2) is 6.04 Å². The summed E-state index contributed by atoms with van der Waals surface area (Å²) in [6.07, 6.45) is 1.33. The molecular weight excluding hydrogens is 280 g/mol. The summed E-state index contributed by atoms with van der Waals surface area (Å²) in [5.41, 5.74) is 0.596.